The molecule has 2 aliphatic heterocycles. The Hall–Kier alpha value is -5.25. The molecule has 264 valence electrons. The van der Waals surface area contributed by atoms with E-state index in [0.717, 1.165) is 22.6 Å². The molecule has 1 N–H and O–H groups in total. The molecule has 4 heterocycles. The maximum atomic E-state index is 15.5. The number of methoxy groups -OCH3 is 1. The molecule has 1 saturated heterocycles. The molecular formula is C34H33F4N5O7. The number of halogens is 4. The summed E-state index contributed by atoms with van der Waals surface area (Å²) in [6.07, 6.45) is -0.833. The van der Waals surface area contributed by atoms with Crippen LogP contribution in [0.3, 0.4) is 0 Å². The average molecular weight is 700 g/mol. The van der Waals surface area contributed by atoms with Crippen LogP contribution in [0.2, 0.25) is 0 Å². The van der Waals surface area contributed by atoms with Gasteiger partial charge in [0, 0.05) is 31.9 Å². The minimum absolute atomic E-state index is 0.0133. The van der Waals surface area contributed by atoms with Gasteiger partial charge >= 0.3 is 17.8 Å². The highest BCUT2D eigenvalue weighted by atomic mass is 19.4. The monoisotopic (exact) mass is 699 g/mol. The lowest BCUT2D eigenvalue weighted by Crippen LogP contribution is -2.53. The second kappa shape index (κ2) is 13.6. The summed E-state index contributed by atoms with van der Waals surface area (Å²) in [5, 5.41) is 2.79. The van der Waals surface area contributed by atoms with Gasteiger partial charge in [0.15, 0.2) is 0 Å². The first-order chi connectivity index (χ1) is 23.8. The zero-order chi connectivity index (χ0) is 35.9. The van der Waals surface area contributed by atoms with E-state index in [1.165, 1.54) is 49.1 Å². The Morgan fingerprint density at radius 2 is 1.94 bits per heavy atom. The van der Waals surface area contributed by atoms with E-state index in [2.05, 4.69) is 10.3 Å². The molecule has 6 rings (SSSR count). The van der Waals surface area contributed by atoms with E-state index in [-0.39, 0.29) is 47.6 Å². The van der Waals surface area contributed by atoms with Gasteiger partial charge in [0.05, 0.1) is 55.3 Å². The van der Waals surface area contributed by atoms with Crippen molar-refractivity contribution in [2.75, 3.05) is 38.4 Å². The number of amides is 1. The highest BCUT2D eigenvalue weighted by molar-refractivity contribution is 5.98. The van der Waals surface area contributed by atoms with E-state index < -0.39 is 59.4 Å². The number of nitrogens with zero attached hydrogens (tertiary/aromatic N) is 4. The summed E-state index contributed by atoms with van der Waals surface area (Å²) in [5.41, 5.74) is 0.0842. The van der Waals surface area contributed by atoms with Crippen molar-refractivity contribution in [3.63, 3.8) is 0 Å². The van der Waals surface area contributed by atoms with Crippen molar-refractivity contribution in [3.8, 4) is 11.4 Å². The predicted molar refractivity (Wildman–Crippen MR) is 173 cm³/mol. The number of anilines is 1. The summed E-state index contributed by atoms with van der Waals surface area (Å²) in [5.74, 6) is -2.60. The van der Waals surface area contributed by atoms with Crippen LogP contribution in [0.1, 0.15) is 33.5 Å². The molecule has 0 aliphatic carbocycles. The molecule has 2 atom stereocenters. The van der Waals surface area contributed by atoms with Gasteiger partial charge in [0.2, 0.25) is 0 Å². The smallest absolute Gasteiger partial charge is 0.411 e. The van der Waals surface area contributed by atoms with Crippen LogP contribution in [0.15, 0.2) is 52.3 Å². The second-order valence-corrected chi connectivity index (χ2v) is 12.1. The van der Waals surface area contributed by atoms with Crippen LogP contribution < -0.4 is 26.2 Å². The third-order valence-electron chi connectivity index (χ3n) is 9.02. The van der Waals surface area contributed by atoms with Crippen LogP contribution in [-0.2, 0) is 34.2 Å². The van der Waals surface area contributed by atoms with Crippen molar-refractivity contribution in [2.24, 2.45) is 7.05 Å². The summed E-state index contributed by atoms with van der Waals surface area (Å²) in [6.45, 7) is 0.957. The molecule has 1 fully saturated rings. The number of fused-ring (bicyclic) bond motifs is 2. The topological polar surface area (TPSA) is 134 Å². The quantitative estimate of drug-likeness (QED) is 0.228. The molecule has 0 unspecified atom stereocenters. The fourth-order valence-corrected chi connectivity index (χ4v) is 6.54. The molecule has 0 bridgehead atoms. The molecule has 16 heteroatoms. The number of benzene rings is 2. The highest BCUT2D eigenvalue weighted by Crippen LogP contribution is 2.35. The first-order valence-corrected chi connectivity index (χ1v) is 15.8. The molecule has 0 radical (unpaired) electrons. The highest BCUT2D eigenvalue weighted by Gasteiger charge is 2.45. The van der Waals surface area contributed by atoms with Crippen molar-refractivity contribution in [2.45, 2.75) is 44.4 Å². The third-order valence-corrected chi connectivity index (χ3v) is 9.02. The van der Waals surface area contributed by atoms with Crippen molar-refractivity contribution >= 4 is 28.5 Å². The number of aromatic nitrogens is 3. The van der Waals surface area contributed by atoms with Crippen molar-refractivity contribution < 1.29 is 41.4 Å². The lowest BCUT2D eigenvalue weighted by atomic mass is 9.93. The number of morpholine rings is 1. The van der Waals surface area contributed by atoms with Crippen LogP contribution in [-0.4, -0.2) is 77.7 Å². The van der Waals surface area contributed by atoms with Crippen LogP contribution >= 0.6 is 0 Å². The zero-order valence-electron chi connectivity index (χ0n) is 27.3. The van der Waals surface area contributed by atoms with E-state index in [1.807, 2.05) is 0 Å². The largest absolute Gasteiger partial charge is 0.491 e. The maximum absolute atomic E-state index is 15.5. The Kier molecular flexibility index (Phi) is 9.39. The van der Waals surface area contributed by atoms with Gasteiger partial charge in [0.25, 0.3) is 11.5 Å². The molecule has 12 nitrogen and oxygen atoms in total. The normalized spacial score (nSPS) is 16.8. The number of rotatable bonds is 7. The molecular weight excluding hydrogens is 666 g/mol. The van der Waals surface area contributed by atoms with E-state index in [4.69, 9.17) is 14.2 Å². The van der Waals surface area contributed by atoms with Gasteiger partial charge in [-0.2, -0.15) is 13.2 Å². The molecule has 2 aromatic carbocycles. The Bertz CT molecular complexity index is 2090. The Balaban J connectivity index is 1.32. The number of carbonyl (C=O) groups excluding carboxylic acids is 2. The SMILES string of the molecule is COC(=O)[C@H](Cc1ccc(-n2c(=O)c3ccncc3n(C)c2=O)c2c1CCCO2)NC(=O)c1c(C)cc(N2CCOC[C@@H]2C(F)(F)F)cc1F. The minimum Gasteiger partial charge on any atom is -0.491 e. The molecule has 2 aromatic heterocycles. The number of nitrogens with one attached hydrogen (secondary N) is 1. The lowest BCUT2D eigenvalue weighted by molar-refractivity contribution is -0.167. The fraction of sp³-hybridized carbons (Fsp3) is 0.382. The van der Waals surface area contributed by atoms with E-state index in [9.17, 15) is 32.3 Å². The van der Waals surface area contributed by atoms with Gasteiger partial charge in [0.1, 0.15) is 23.7 Å². The van der Waals surface area contributed by atoms with E-state index in [0.29, 0.717) is 36.1 Å². The number of pyridine rings is 1. The molecule has 4 aromatic rings. The van der Waals surface area contributed by atoms with Crippen molar-refractivity contribution in [1.29, 1.82) is 0 Å². The van der Waals surface area contributed by atoms with Gasteiger partial charge in [-0.15, -0.1) is 0 Å². The molecule has 50 heavy (non-hydrogen) atoms. The van der Waals surface area contributed by atoms with Gasteiger partial charge in [-0.3, -0.25) is 19.1 Å². The Morgan fingerprint density at radius 1 is 1.16 bits per heavy atom. The van der Waals surface area contributed by atoms with Crippen molar-refractivity contribution in [1.82, 2.24) is 19.4 Å². The first-order valence-electron chi connectivity index (χ1n) is 15.8. The van der Waals surface area contributed by atoms with Crippen LogP contribution in [0.5, 0.6) is 5.75 Å². The Morgan fingerprint density at radius 3 is 2.66 bits per heavy atom. The van der Waals surface area contributed by atoms with E-state index >= 15 is 4.39 Å². The summed E-state index contributed by atoms with van der Waals surface area (Å²) in [7, 11) is 2.65. The van der Waals surface area contributed by atoms with Gasteiger partial charge in [-0.1, -0.05) is 6.07 Å². The van der Waals surface area contributed by atoms with Gasteiger partial charge in [-0.25, -0.2) is 18.5 Å². The molecule has 2 aliphatic rings. The number of aryl methyl sites for hydroxylation is 2. The number of carbonyl (C=O) groups is 2. The summed E-state index contributed by atoms with van der Waals surface area (Å²) >= 11 is 0. The maximum Gasteiger partial charge on any atom is 0.411 e. The lowest BCUT2D eigenvalue weighted by Gasteiger charge is -2.38. The second-order valence-electron chi connectivity index (χ2n) is 12.1. The summed E-state index contributed by atoms with van der Waals surface area (Å²) < 4.78 is 74.8. The molecule has 0 spiro atoms. The number of alkyl halides is 3. The first kappa shape index (κ1) is 34.6. The molecule has 1 amide bonds. The fourth-order valence-electron chi connectivity index (χ4n) is 6.54. The summed E-state index contributed by atoms with van der Waals surface area (Å²) in [4.78, 5) is 58.4. The van der Waals surface area contributed by atoms with Crippen molar-refractivity contribution in [3.05, 3.63) is 91.6 Å². The van der Waals surface area contributed by atoms with Gasteiger partial charge < -0.3 is 24.4 Å². The Labute approximate surface area is 282 Å². The van der Waals surface area contributed by atoms with Crippen LogP contribution in [0.4, 0.5) is 23.2 Å². The number of hydrogen-bond donors (Lipinski definition) is 1. The zero-order valence-corrected chi connectivity index (χ0v) is 27.3. The van der Waals surface area contributed by atoms with Gasteiger partial charge in [-0.05, 0) is 60.7 Å². The standard InChI is InChI=1S/C34H33F4N5O7/c1-18-13-20(42-10-12-49-17-27(42)34(36,37)38)15-23(35)28(18)30(44)40-24(32(46)48-3)14-19-6-7-25(29-21(19)5-4-11-50-29)43-31(45)22-8-9-39-16-26(22)41(2)33(43)47/h6-9,13,15-16,24,27H,4-5,10-12,14,17H2,1-3H3,(H,40,44)/t24-,27+/m0/s1. The van der Waals surface area contributed by atoms with Crippen LogP contribution in [0.25, 0.3) is 16.6 Å². The number of esters is 1. The predicted octanol–water partition coefficient (Wildman–Crippen LogP) is 3.14. The number of hydrogen-bond acceptors (Lipinski definition) is 9. The molecule has 0 saturated carbocycles. The summed E-state index contributed by atoms with van der Waals surface area (Å²) in [6, 6.07) is 3.50. The minimum atomic E-state index is -4.63. The van der Waals surface area contributed by atoms with Crippen LogP contribution in [0, 0.1) is 12.7 Å². The van der Waals surface area contributed by atoms with E-state index in [1.54, 1.807) is 6.07 Å². The average Bonchev–Trinajstić information content (AvgIpc) is 3.10. The number of ether oxygens (including phenoxy) is 3. The third kappa shape index (κ3) is 6.30.